The summed E-state index contributed by atoms with van der Waals surface area (Å²) in [6, 6.07) is 8.84. The van der Waals surface area contributed by atoms with Crippen molar-refractivity contribution in [3.8, 4) is 0 Å². The molecule has 0 spiro atoms. The molecule has 0 fully saturated rings. The van der Waals surface area contributed by atoms with Gasteiger partial charge in [0.2, 0.25) is 0 Å². The molecule has 100 valence electrons. The predicted octanol–water partition coefficient (Wildman–Crippen LogP) is 3.16. The van der Waals surface area contributed by atoms with Gasteiger partial charge in [0.1, 0.15) is 0 Å². The van der Waals surface area contributed by atoms with Crippen LogP contribution in [0.15, 0.2) is 24.3 Å². The van der Waals surface area contributed by atoms with E-state index in [1.54, 1.807) is 0 Å². The second-order valence-corrected chi connectivity index (χ2v) is 5.87. The standard InChI is InChI=1S/C15H24N2S/c1-11(2)14-7-5-13(6-8-14)10-17(4)9-12(3)15(16)18/h5-8,11-12H,9-10H2,1-4H3,(H2,16,18). The van der Waals surface area contributed by atoms with Crippen LogP contribution in [0.5, 0.6) is 0 Å². The van der Waals surface area contributed by atoms with Crippen molar-refractivity contribution in [1.29, 1.82) is 0 Å². The smallest absolute Gasteiger partial charge is 0.0768 e. The van der Waals surface area contributed by atoms with E-state index in [1.165, 1.54) is 11.1 Å². The molecule has 0 radical (unpaired) electrons. The van der Waals surface area contributed by atoms with Gasteiger partial charge in [-0.25, -0.2) is 0 Å². The van der Waals surface area contributed by atoms with Crippen LogP contribution in [-0.4, -0.2) is 23.5 Å². The van der Waals surface area contributed by atoms with Crippen molar-refractivity contribution in [2.24, 2.45) is 11.7 Å². The van der Waals surface area contributed by atoms with E-state index in [9.17, 15) is 0 Å². The molecule has 0 amide bonds. The van der Waals surface area contributed by atoms with Crippen LogP contribution in [0.3, 0.4) is 0 Å². The Hall–Kier alpha value is -0.930. The van der Waals surface area contributed by atoms with E-state index in [-0.39, 0.29) is 5.92 Å². The number of nitrogens with zero attached hydrogens (tertiary/aromatic N) is 1. The maximum Gasteiger partial charge on any atom is 0.0768 e. The molecule has 1 aromatic rings. The van der Waals surface area contributed by atoms with Gasteiger partial charge in [-0.2, -0.15) is 0 Å². The van der Waals surface area contributed by atoms with Gasteiger partial charge in [0.15, 0.2) is 0 Å². The SMILES string of the molecule is CC(CN(C)Cc1ccc(C(C)C)cc1)C(N)=S. The molecule has 1 atom stereocenters. The van der Waals surface area contributed by atoms with E-state index in [4.69, 9.17) is 18.0 Å². The Morgan fingerprint density at radius 1 is 1.22 bits per heavy atom. The Labute approximate surface area is 116 Å². The lowest BCUT2D eigenvalue weighted by atomic mass is 10.0. The highest BCUT2D eigenvalue weighted by Gasteiger charge is 2.09. The second-order valence-electron chi connectivity index (χ2n) is 5.40. The molecule has 3 heteroatoms. The van der Waals surface area contributed by atoms with Gasteiger partial charge in [-0.15, -0.1) is 0 Å². The molecule has 0 bridgehead atoms. The fourth-order valence-electron chi connectivity index (χ4n) is 1.94. The van der Waals surface area contributed by atoms with E-state index in [0.717, 1.165) is 13.1 Å². The normalized spacial score (nSPS) is 13.0. The quantitative estimate of drug-likeness (QED) is 0.800. The molecule has 1 aromatic carbocycles. The summed E-state index contributed by atoms with van der Waals surface area (Å²) in [6.07, 6.45) is 0. The van der Waals surface area contributed by atoms with Crippen LogP contribution in [-0.2, 0) is 6.54 Å². The molecule has 0 saturated heterocycles. The molecule has 2 N–H and O–H groups in total. The Balaban J connectivity index is 2.54. The first-order valence-electron chi connectivity index (χ1n) is 6.47. The monoisotopic (exact) mass is 264 g/mol. The van der Waals surface area contributed by atoms with Gasteiger partial charge >= 0.3 is 0 Å². The Kier molecular flexibility index (Phi) is 5.76. The summed E-state index contributed by atoms with van der Waals surface area (Å²) in [4.78, 5) is 2.85. The molecule has 0 aliphatic rings. The first-order valence-corrected chi connectivity index (χ1v) is 6.87. The molecule has 18 heavy (non-hydrogen) atoms. The van der Waals surface area contributed by atoms with E-state index >= 15 is 0 Å². The first-order chi connectivity index (χ1) is 8.40. The molecule has 0 aliphatic heterocycles. The molecule has 0 saturated carbocycles. The van der Waals surface area contributed by atoms with Crippen LogP contribution in [0.25, 0.3) is 0 Å². The fourth-order valence-corrected chi connectivity index (χ4v) is 2.02. The van der Waals surface area contributed by atoms with Crippen LogP contribution < -0.4 is 5.73 Å². The van der Waals surface area contributed by atoms with Crippen LogP contribution in [0.4, 0.5) is 0 Å². The van der Waals surface area contributed by atoms with Crippen LogP contribution in [0.1, 0.15) is 37.8 Å². The minimum atomic E-state index is 0.264. The van der Waals surface area contributed by atoms with Crippen LogP contribution in [0.2, 0.25) is 0 Å². The molecule has 1 rings (SSSR count). The van der Waals surface area contributed by atoms with Crippen molar-refractivity contribution >= 4 is 17.2 Å². The van der Waals surface area contributed by atoms with Crippen LogP contribution >= 0.6 is 12.2 Å². The summed E-state index contributed by atoms with van der Waals surface area (Å²) in [5.41, 5.74) is 8.35. The summed E-state index contributed by atoms with van der Waals surface area (Å²) >= 11 is 5.00. The lowest BCUT2D eigenvalue weighted by molar-refractivity contribution is 0.307. The Morgan fingerprint density at radius 2 is 1.78 bits per heavy atom. The highest BCUT2D eigenvalue weighted by Crippen LogP contribution is 2.15. The number of nitrogens with two attached hydrogens (primary N) is 1. The molecule has 0 heterocycles. The van der Waals surface area contributed by atoms with Gasteiger partial charge in [0.05, 0.1) is 4.99 Å². The summed E-state index contributed by atoms with van der Waals surface area (Å²) in [5.74, 6) is 0.853. The van der Waals surface area contributed by atoms with Crippen molar-refractivity contribution in [3.63, 3.8) is 0 Å². The summed E-state index contributed by atoms with van der Waals surface area (Å²) in [6.45, 7) is 8.34. The summed E-state index contributed by atoms with van der Waals surface area (Å²) in [5, 5.41) is 0. The third kappa shape index (κ3) is 4.75. The topological polar surface area (TPSA) is 29.3 Å². The van der Waals surface area contributed by atoms with Crippen molar-refractivity contribution in [2.45, 2.75) is 33.2 Å². The molecular weight excluding hydrogens is 240 g/mol. The number of hydrogen-bond acceptors (Lipinski definition) is 2. The summed E-state index contributed by atoms with van der Waals surface area (Å²) < 4.78 is 0. The zero-order valence-electron chi connectivity index (χ0n) is 11.8. The van der Waals surface area contributed by atoms with Gasteiger partial charge < -0.3 is 10.6 Å². The van der Waals surface area contributed by atoms with Gasteiger partial charge in [-0.3, -0.25) is 0 Å². The maximum absolute atomic E-state index is 5.64. The van der Waals surface area contributed by atoms with Crippen molar-refractivity contribution in [2.75, 3.05) is 13.6 Å². The number of benzene rings is 1. The lowest BCUT2D eigenvalue weighted by Crippen LogP contribution is -2.31. The second kappa shape index (κ2) is 6.86. The number of hydrogen-bond donors (Lipinski definition) is 1. The minimum absolute atomic E-state index is 0.264. The number of thiocarbonyl (C=S) groups is 1. The van der Waals surface area contributed by atoms with E-state index in [0.29, 0.717) is 10.9 Å². The lowest BCUT2D eigenvalue weighted by Gasteiger charge is -2.20. The molecule has 0 aromatic heterocycles. The fraction of sp³-hybridized carbons (Fsp3) is 0.533. The minimum Gasteiger partial charge on any atom is -0.393 e. The van der Waals surface area contributed by atoms with E-state index in [2.05, 4.69) is 57.0 Å². The predicted molar refractivity (Wildman–Crippen MR) is 82.8 cm³/mol. The molecule has 2 nitrogen and oxygen atoms in total. The highest BCUT2D eigenvalue weighted by molar-refractivity contribution is 7.80. The zero-order valence-corrected chi connectivity index (χ0v) is 12.6. The third-order valence-electron chi connectivity index (χ3n) is 3.17. The van der Waals surface area contributed by atoms with Crippen LogP contribution in [0, 0.1) is 5.92 Å². The summed E-state index contributed by atoms with van der Waals surface area (Å²) in [7, 11) is 2.10. The highest BCUT2D eigenvalue weighted by atomic mass is 32.1. The Morgan fingerprint density at radius 3 is 2.22 bits per heavy atom. The average Bonchev–Trinajstić information content (AvgIpc) is 2.29. The maximum atomic E-state index is 5.64. The number of rotatable bonds is 6. The first kappa shape index (κ1) is 15.1. The third-order valence-corrected chi connectivity index (χ3v) is 3.57. The molecule has 0 aliphatic carbocycles. The Bertz CT molecular complexity index is 384. The van der Waals surface area contributed by atoms with Gasteiger partial charge in [-0.05, 0) is 24.1 Å². The largest absolute Gasteiger partial charge is 0.393 e. The zero-order chi connectivity index (χ0) is 13.7. The van der Waals surface area contributed by atoms with E-state index < -0.39 is 0 Å². The van der Waals surface area contributed by atoms with Gasteiger partial charge in [-0.1, -0.05) is 57.3 Å². The van der Waals surface area contributed by atoms with Crippen molar-refractivity contribution in [3.05, 3.63) is 35.4 Å². The molecular formula is C15H24N2S. The van der Waals surface area contributed by atoms with Crippen molar-refractivity contribution < 1.29 is 0 Å². The van der Waals surface area contributed by atoms with Gasteiger partial charge in [0.25, 0.3) is 0 Å². The average molecular weight is 264 g/mol. The van der Waals surface area contributed by atoms with Gasteiger partial charge in [0, 0.05) is 19.0 Å². The van der Waals surface area contributed by atoms with Crippen molar-refractivity contribution in [1.82, 2.24) is 4.90 Å². The van der Waals surface area contributed by atoms with E-state index in [1.807, 2.05) is 0 Å². The molecule has 1 unspecified atom stereocenters.